The minimum absolute atomic E-state index is 0.00313. The first kappa shape index (κ1) is 42.4. The molecule has 0 bridgehead atoms. The molecule has 0 aliphatic carbocycles. The van der Waals surface area contributed by atoms with Gasteiger partial charge in [-0.1, -0.05) is 36.4 Å². The fourth-order valence-electron chi connectivity index (χ4n) is 5.33. The molecule has 2 aliphatic rings. The molecule has 20 heteroatoms. The van der Waals surface area contributed by atoms with Crippen molar-refractivity contribution in [3.05, 3.63) is 71.3 Å². The van der Waals surface area contributed by atoms with E-state index in [9.17, 15) is 45.9 Å². The van der Waals surface area contributed by atoms with E-state index >= 15 is 0 Å². The summed E-state index contributed by atoms with van der Waals surface area (Å²) in [5, 5.41) is 39.5. The van der Waals surface area contributed by atoms with Gasteiger partial charge < -0.3 is 41.1 Å². The van der Waals surface area contributed by atoms with Crippen LogP contribution in [0.2, 0.25) is 0 Å². The molecule has 4 rings (SSSR count). The number of rotatable bonds is 13. The topological polar surface area (TPSA) is 232 Å². The molecule has 4 atom stereocenters. The van der Waals surface area contributed by atoms with Crippen LogP contribution in [-0.4, -0.2) is 122 Å². The summed E-state index contributed by atoms with van der Waals surface area (Å²) in [5.74, 6) is -7.43. The number of nitrogens with zero attached hydrogens (tertiary/aromatic N) is 3. The second-order valence-corrected chi connectivity index (χ2v) is 12.8. The Morgan fingerprint density at radius 2 is 1.62 bits per heavy atom. The maximum absolute atomic E-state index is 14.1. The Morgan fingerprint density at radius 1 is 1.02 bits per heavy atom. The Labute approximate surface area is 298 Å². The van der Waals surface area contributed by atoms with Crippen molar-refractivity contribution in [1.29, 1.82) is 0 Å². The number of carboxylic acids is 2. The van der Waals surface area contributed by atoms with Crippen molar-refractivity contribution in [3.8, 4) is 0 Å². The normalized spacial score (nSPS) is 18.9. The quantitative estimate of drug-likeness (QED) is 0.157. The molecule has 290 valence electrons. The molecular weight excluding hydrogens is 721 g/mol. The van der Waals surface area contributed by atoms with Gasteiger partial charge in [-0.2, -0.15) is 18.3 Å². The van der Waals surface area contributed by atoms with E-state index in [0.29, 0.717) is 16.6 Å². The standard InChI is InChI=1S/C29H32F5N5O4.C4H6O6/c1-27(2,35)25(41)36-22(15-43-14-19-8-9-20(30)12-21(19)31)24(40)38-11-10-23-28(16-38,13-18-6-4-3-5-7-18)26(42)39(37-23)17-29(32,33)34;5-1(3(7)8)2(6)4(9)10/h3-9,12,22H,10-11,13-17,35H2,1-2H3,(H,36,41);1-2,5-6H,(H,7,8)(H,9,10)/t22-,28-;1-,2-/m11/s1. The molecule has 0 radical (unpaired) electrons. The molecule has 0 spiro atoms. The third kappa shape index (κ3) is 11.2. The zero-order valence-electron chi connectivity index (χ0n) is 28.3. The molecule has 53 heavy (non-hydrogen) atoms. The number of carbonyl (C=O) groups is 5. The number of carboxylic acid groups (broad SMARTS) is 2. The molecule has 0 saturated carbocycles. The summed E-state index contributed by atoms with van der Waals surface area (Å²) in [6.07, 6.45) is -9.21. The molecule has 0 aromatic heterocycles. The summed E-state index contributed by atoms with van der Waals surface area (Å²) in [7, 11) is 0. The van der Waals surface area contributed by atoms with Gasteiger partial charge in [-0.05, 0) is 31.9 Å². The Bertz CT molecular complexity index is 1690. The van der Waals surface area contributed by atoms with Crippen LogP contribution in [0.4, 0.5) is 22.0 Å². The maximum atomic E-state index is 14.1. The van der Waals surface area contributed by atoms with Crippen LogP contribution in [0.25, 0.3) is 0 Å². The highest BCUT2D eigenvalue weighted by Crippen LogP contribution is 2.40. The van der Waals surface area contributed by atoms with E-state index in [2.05, 4.69) is 10.4 Å². The Hall–Kier alpha value is -5.05. The summed E-state index contributed by atoms with van der Waals surface area (Å²) < 4.78 is 72.8. The number of likely N-dealkylation sites (tertiary alicyclic amines) is 1. The number of hydrogen-bond donors (Lipinski definition) is 6. The van der Waals surface area contributed by atoms with Crippen molar-refractivity contribution in [2.75, 3.05) is 26.2 Å². The van der Waals surface area contributed by atoms with E-state index in [1.165, 1.54) is 24.8 Å². The first-order valence-electron chi connectivity index (χ1n) is 15.8. The smallest absolute Gasteiger partial charge is 0.408 e. The molecule has 2 heterocycles. The van der Waals surface area contributed by atoms with Crippen molar-refractivity contribution in [3.63, 3.8) is 0 Å². The fourth-order valence-corrected chi connectivity index (χ4v) is 5.33. The fraction of sp³-hybridized carbons (Fsp3) is 0.455. The minimum Gasteiger partial charge on any atom is -0.479 e. The maximum Gasteiger partial charge on any atom is 0.408 e. The van der Waals surface area contributed by atoms with E-state index in [-0.39, 0.29) is 43.8 Å². The summed E-state index contributed by atoms with van der Waals surface area (Å²) >= 11 is 0. The van der Waals surface area contributed by atoms with Gasteiger partial charge in [0.1, 0.15) is 29.6 Å². The number of aliphatic carboxylic acids is 2. The number of piperidine rings is 1. The number of hydrogen-bond acceptors (Lipinski definition) is 10. The molecule has 0 unspecified atom stereocenters. The van der Waals surface area contributed by atoms with E-state index < -0.39 is 89.8 Å². The van der Waals surface area contributed by atoms with E-state index in [0.717, 1.165) is 6.07 Å². The van der Waals surface area contributed by atoms with Crippen molar-refractivity contribution < 1.29 is 71.1 Å². The lowest BCUT2D eigenvalue weighted by Gasteiger charge is -2.41. The number of halogens is 5. The van der Waals surface area contributed by atoms with E-state index in [4.69, 9.17) is 30.9 Å². The molecule has 1 saturated heterocycles. The lowest BCUT2D eigenvalue weighted by Crippen LogP contribution is -2.61. The van der Waals surface area contributed by atoms with Crippen molar-refractivity contribution in [2.24, 2.45) is 16.3 Å². The average molecular weight is 760 g/mol. The highest BCUT2D eigenvalue weighted by molar-refractivity contribution is 6.14. The lowest BCUT2D eigenvalue weighted by molar-refractivity contribution is -0.165. The molecule has 2 aromatic rings. The largest absolute Gasteiger partial charge is 0.479 e. The van der Waals surface area contributed by atoms with Crippen LogP contribution in [-0.2, 0) is 41.7 Å². The Balaban J connectivity index is 0.000000661. The number of amides is 3. The van der Waals surface area contributed by atoms with Gasteiger partial charge in [0.25, 0.3) is 5.91 Å². The van der Waals surface area contributed by atoms with Gasteiger partial charge in [0.2, 0.25) is 11.8 Å². The number of aliphatic hydroxyl groups is 2. The number of ether oxygens (including phenoxy) is 1. The lowest BCUT2D eigenvalue weighted by atomic mass is 9.73. The van der Waals surface area contributed by atoms with Gasteiger partial charge in [-0.15, -0.1) is 0 Å². The number of benzene rings is 2. The third-order valence-corrected chi connectivity index (χ3v) is 8.06. The molecule has 2 aromatic carbocycles. The highest BCUT2D eigenvalue weighted by Gasteiger charge is 2.56. The molecule has 1 fully saturated rings. The first-order valence-corrected chi connectivity index (χ1v) is 15.8. The first-order chi connectivity index (χ1) is 24.6. The zero-order chi connectivity index (χ0) is 39.9. The molecule has 3 amide bonds. The highest BCUT2D eigenvalue weighted by atomic mass is 19.4. The van der Waals surface area contributed by atoms with Crippen molar-refractivity contribution in [1.82, 2.24) is 15.2 Å². The average Bonchev–Trinajstić information content (AvgIpc) is 3.32. The summed E-state index contributed by atoms with van der Waals surface area (Å²) in [5.41, 5.74) is 3.86. The van der Waals surface area contributed by atoms with Crippen molar-refractivity contribution >= 4 is 35.4 Å². The summed E-state index contributed by atoms with van der Waals surface area (Å²) in [6.45, 7) is 0.196. The number of hydrazone groups is 1. The van der Waals surface area contributed by atoms with Gasteiger partial charge >= 0.3 is 18.1 Å². The number of nitrogens with one attached hydrogen (secondary N) is 1. The Kier molecular flexibility index (Phi) is 13.7. The van der Waals surface area contributed by atoms with Crippen LogP contribution < -0.4 is 11.1 Å². The Morgan fingerprint density at radius 3 is 2.15 bits per heavy atom. The second-order valence-electron chi connectivity index (χ2n) is 12.8. The molecule has 15 nitrogen and oxygen atoms in total. The number of alkyl halides is 3. The summed E-state index contributed by atoms with van der Waals surface area (Å²) in [6, 6.07) is 10.2. The molecule has 2 aliphatic heterocycles. The predicted molar refractivity (Wildman–Crippen MR) is 172 cm³/mol. The number of aliphatic hydroxyl groups excluding tert-OH is 2. The van der Waals surface area contributed by atoms with Gasteiger partial charge in [0.05, 0.1) is 24.5 Å². The summed E-state index contributed by atoms with van der Waals surface area (Å²) in [4.78, 5) is 61.0. The van der Waals surface area contributed by atoms with E-state index in [1.54, 1.807) is 30.3 Å². The van der Waals surface area contributed by atoms with Crippen LogP contribution >= 0.6 is 0 Å². The van der Waals surface area contributed by atoms with Gasteiger partial charge in [0, 0.05) is 31.1 Å². The minimum atomic E-state index is -4.69. The van der Waals surface area contributed by atoms with Gasteiger partial charge in [-0.25, -0.2) is 23.4 Å². The van der Waals surface area contributed by atoms with Gasteiger partial charge in [-0.3, -0.25) is 14.4 Å². The van der Waals surface area contributed by atoms with Crippen LogP contribution in [0.5, 0.6) is 0 Å². The third-order valence-electron chi connectivity index (χ3n) is 8.06. The second kappa shape index (κ2) is 17.2. The monoisotopic (exact) mass is 759 g/mol. The van der Waals surface area contributed by atoms with Gasteiger partial charge in [0.15, 0.2) is 12.2 Å². The van der Waals surface area contributed by atoms with Crippen molar-refractivity contribution in [2.45, 2.75) is 63.3 Å². The predicted octanol–water partition coefficient (Wildman–Crippen LogP) is 0.803. The van der Waals surface area contributed by atoms with E-state index in [1.807, 2.05) is 0 Å². The number of nitrogens with two attached hydrogens (primary N) is 1. The SMILES string of the molecule is CC(C)(N)C(=O)N[C@H](COCc1ccc(F)cc1F)C(=O)N1CCC2=NN(CC(F)(F)F)C(=O)[C@]2(Cc2ccccc2)C1.O=C(O)[C@H](O)[C@@H](O)C(=O)O. The van der Waals surface area contributed by atoms with Crippen LogP contribution in [0.15, 0.2) is 53.6 Å². The van der Waals surface area contributed by atoms with Crippen LogP contribution in [0, 0.1) is 17.0 Å². The van der Waals surface area contributed by atoms with Crippen LogP contribution in [0.1, 0.15) is 31.4 Å². The zero-order valence-corrected chi connectivity index (χ0v) is 28.3. The molecular formula is C33H38F5N5O10. The van der Waals surface area contributed by atoms with Crippen LogP contribution in [0.3, 0.4) is 0 Å². The number of carbonyl (C=O) groups excluding carboxylic acids is 3. The number of fused-ring (bicyclic) bond motifs is 1. The molecule has 7 N–H and O–H groups in total.